The van der Waals surface area contributed by atoms with E-state index >= 15 is 0 Å². The second-order valence-electron chi connectivity index (χ2n) is 15.2. The van der Waals surface area contributed by atoms with Crippen LogP contribution in [0, 0.1) is 47.6 Å². The molecule has 1 aromatic rings. The van der Waals surface area contributed by atoms with Gasteiger partial charge in [-0.1, -0.05) is 0 Å². The Balaban J connectivity index is 1.02. The summed E-state index contributed by atoms with van der Waals surface area (Å²) in [5.74, 6) is -3.39. The van der Waals surface area contributed by atoms with Gasteiger partial charge in [-0.15, -0.1) is 0 Å². The van der Waals surface area contributed by atoms with Crippen molar-refractivity contribution in [3.8, 4) is 5.75 Å². The van der Waals surface area contributed by atoms with Crippen molar-refractivity contribution in [2.75, 3.05) is 6.61 Å². The molecule has 1 heterocycles. The number of benzene rings is 1. The fourth-order valence-corrected chi connectivity index (χ4v) is 13.4. The van der Waals surface area contributed by atoms with E-state index < -0.39 is 56.1 Å². The van der Waals surface area contributed by atoms with Crippen LogP contribution in [0.4, 0.5) is 8.78 Å². The summed E-state index contributed by atoms with van der Waals surface area (Å²) in [7, 11) is -5.98. The van der Waals surface area contributed by atoms with Gasteiger partial charge in [0.05, 0.1) is 12.0 Å². The summed E-state index contributed by atoms with van der Waals surface area (Å²) in [5, 5.41) is -5.06. The molecular formula is C31H32F2I2O10S. The number of ether oxygens (including phenoxy) is 4. The van der Waals surface area contributed by atoms with Gasteiger partial charge in [-0.3, -0.25) is 9.35 Å². The lowest BCUT2D eigenvalue weighted by atomic mass is 9.46. The van der Waals surface area contributed by atoms with Crippen LogP contribution in [0.2, 0.25) is 0 Å². The summed E-state index contributed by atoms with van der Waals surface area (Å²) < 4.78 is 84.8. The highest BCUT2D eigenvalue weighted by atomic mass is 127. The van der Waals surface area contributed by atoms with Gasteiger partial charge < -0.3 is 18.9 Å². The van der Waals surface area contributed by atoms with Crippen molar-refractivity contribution in [2.45, 2.75) is 87.3 Å². The number of hydrogen-bond donors (Lipinski definition) is 1. The third kappa shape index (κ3) is 4.69. The van der Waals surface area contributed by atoms with Gasteiger partial charge in [0.2, 0.25) is 0 Å². The van der Waals surface area contributed by atoms with Crippen molar-refractivity contribution in [3.05, 3.63) is 24.8 Å². The number of esters is 3. The molecule has 10 rings (SSSR count). The standard InChI is InChI=1S/C31H32F2I2O10S/c32-31(33,46(39,40)41)26(38)42-14-27-6-16-1-17(7-27)10-29(9-16,13-27)45-25(37)28-8-15-2-18(11-28)30(19(3-15)12-28)43-22-5-20(34)4-21(35)23(22)24(36)44-30/h4-5,15-19H,1-3,6-14H2,(H,39,40,41). The third-order valence-electron chi connectivity index (χ3n) is 12.0. The number of hydrogen-bond acceptors (Lipinski definition) is 9. The van der Waals surface area contributed by atoms with E-state index in [9.17, 15) is 31.6 Å². The van der Waals surface area contributed by atoms with E-state index in [0.717, 1.165) is 26.4 Å². The number of alkyl halides is 2. The van der Waals surface area contributed by atoms with Gasteiger partial charge >= 0.3 is 33.3 Å². The Bertz CT molecular complexity index is 1650. The van der Waals surface area contributed by atoms with Crippen molar-refractivity contribution < 1.29 is 55.1 Å². The minimum absolute atomic E-state index is 0.148. The summed E-state index contributed by atoms with van der Waals surface area (Å²) >= 11 is 4.32. The maximum Gasteiger partial charge on any atom is 0.465 e. The van der Waals surface area contributed by atoms with Gasteiger partial charge in [0.1, 0.15) is 16.9 Å². The lowest BCUT2D eigenvalue weighted by Crippen LogP contribution is -2.68. The molecule has 0 amide bonds. The second kappa shape index (κ2) is 10.1. The molecular weight excluding hydrogens is 856 g/mol. The summed E-state index contributed by atoms with van der Waals surface area (Å²) in [6.07, 6.45) is 6.88. The van der Waals surface area contributed by atoms with Gasteiger partial charge in [0.25, 0.3) is 5.79 Å². The van der Waals surface area contributed by atoms with Crippen LogP contribution in [0.5, 0.6) is 5.75 Å². The molecule has 8 bridgehead atoms. The maximum atomic E-state index is 14.4. The first-order valence-electron chi connectivity index (χ1n) is 15.6. The molecule has 8 fully saturated rings. The van der Waals surface area contributed by atoms with E-state index in [0.29, 0.717) is 62.7 Å². The van der Waals surface area contributed by atoms with E-state index in [-0.39, 0.29) is 35.6 Å². The topological polar surface area (TPSA) is 142 Å². The largest absolute Gasteiger partial charge is 0.465 e. The number of fused-ring (bicyclic) bond motifs is 1. The Morgan fingerprint density at radius 3 is 2.24 bits per heavy atom. The van der Waals surface area contributed by atoms with Crippen LogP contribution >= 0.6 is 45.2 Å². The number of halogens is 4. The van der Waals surface area contributed by atoms with Gasteiger partial charge in [-0.2, -0.15) is 17.2 Å². The summed E-state index contributed by atoms with van der Waals surface area (Å²) in [4.78, 5) is 39.8. The van der Waals surface area contributed by atoms with Gasteiger partial charge in [-0.05, 0) is 146 Å². The lowest BCUT2D eigenvalue weighted by molar-refractivity contribution is -0.297. The Labute approximate surface area is 291 Å². The SMILES string of the molecule is O=C1OC2(Oc3cc(I)cc(I)c31)C1CC3CC2CC(C(=O)OC24CC5CC(CC(COC(=O)C(F)(F)S(=O)(=O)O)(C5)C2)C4)(C3)C1. The van der Waals surface area contributed by atoms with E-state index in [1.54, 1.807) is 0 Å². The molecule has 0 aromatic heterocycles. The average molecular weight is 888 g/mol. The first-order valence-corrected chi connectivity index (χ1v) is 19.2. The lowest BCUT2D eigenvalue weighted by Gasteiger charge is -2.64. The molecule has 0 saturated heterocycles. The predicted octanol–water partition coefficient (Wildman–Crippen LogP) is 5.87. The quantitative estimate of drug-likeness (QED) is 0.160. The zero-order valence-corrected chi connectivity index (χ0v) is 29.7. The van der Waals surface area contributed by atoms with E-state index in [4.69, 9.17) is 23.5 Å². The van der Waals surface area contributed by atoms with Gasteiger partial charge in [0.15, 0.2) is 0 Å². The van der Waals surface area contributed by atoms with Crippen LogP contribution in [0.15, 0.2) is 12.1 Å². The molecule has 8 saturated carbocycles. The zero-order valence-electron chi connectivity index (χ0n) is 24.6. The van der Waals surface area contributed by atoms with E-state index in [2.05, 4.69) is 45.2 Å². The predicted molar refractivity (Wildman–Crippen MR) is 170 cm³/mol. The van der Waals surface area contributed by atoms with Crippen molar-refractivity contribution in [1.82, 2.24) is 0 Å². The molecule has 1 spiro atoms. The van der Waals surface area contributed by atoms with Gasteiger partial charge in [0, 0.05) is 24.4 Å². The molecule has 1 N–H and O–H groups in total. The highest BCUT2D eigenvalue weighted by Crippen LogP contribution is 2.68. The second-order valence-corrected chi connectivity index (χ2v) is 19.1. The number of carbonyl (C=O) groups is 3. The van der Waals surface area contributed by atoms with Crippen molar-refractivity contribution in [1.29, 1.82) is 0 Å². The van der Waals surface area contributed by atoms with E-state index in [1.807, 2.05) is 12.1 Å². The maximum absolute atomic E-state index is 14.4. The molecule has 1 aliphatic heterocycles. The molecule has 15 heteroatoms. The molecule has 9 aliphatic rings. The van der Waals surface area contributed by atoms with Crippen LogP contribution < -0.4 is 4.74 Å². The minimum Gasteiger partial charge on any atom is -0.460 e. The Hall–Kier alpha value is -1.34. The highest BCUT2D eigenvalue weighted by Gasteiger charge is 2.70. The zero-order chi connectivity index (χ0) is 32.7. The Morgan fingerprint density at radius 1 is 0.957 bits per heavy atom. The smallest absolute Gasteiger partial charge is 0.460 e. The fourth-order valence-electron chi connectivity index (χ4n) is 11.1. The normalized spacial score (nSPS) is 41.6. The molecule has 4 atom stereocenters. The summed E-state index contributed by atoms with van der Waals surface area (Å²) in [5.41, 5.74) is -1.89. The first-order chi connectivity index (χ1) is 21.5. The summed E-state index contributed by atoms with van der Waals surface area (Å²) in [6, 6.07) is 3.76. The average Bonchev–Trinajstić information content (AvgIpc) is 2.92. The Morgan fingerprint density at radius 2 is 1.61 bits per heavy atom. The monoisotopic (exact) mass is 888 g/mol. The van der Waals surface area contributed by atoms with Crippen LogP contribution in [0.1, 0.15) is 81.0 Å². The molecule has 0 radical (unpaired) electrons. The van der Waals surface area contributed by atoms with Crippen molar-refractivity contribution in [3.63, 3.8) is 0 Å². The molecule has 4 unspecified atom stereocenters. The fraction of sp³-hybridized carbons (Fsp3) is 0.710. The van der Waals surface area contributed by atoms with Crippen LogP contribution in [-0.2, 0) is 33.9 Å². The summed E-state index contributed by atoms with van der Waals surface area (Å²) in [6.45, 7) is -0.439. The van der Waals surface area contributed by atoms with Crippen LogP contribution in [0.3, 0.4) is 0 Å². The third-order valence-corrected chi connectivity index (χ3v) is 14.3. The van der Waals surface area contributed by atoms with Crippen molar-refractivity contribution in [2.24, 2.45) is 40.4 Å². The number of carbonyl (C=O) groups excluding carboxylic acids is 3. The first kappa shape index (κ1) is 31.9. The molecule has 46 heavy (non-hydrogen) atoms. The van der Waals surface area contributed by atoms with E-state index in [1.165, 1.54) is 0 Å². The van der Waals surface area contributed by atoms with Crippen LogP contribution in [0.25, 0.3) is 0 Å². The molecule has 10 nitrogen and oxygen atoms in total. The van der Waals surface area contributed by atoms with Crippen LogP contribution in [-0.4, -0.2) is 54.1 Å². The Kier molecular flexibility index (Phi) is 7.01. The number of rotatable bonds is 6. The van der Waals surface area contributed by atoms with Gasteiger partial charge in [-0.25, -0.2) is 9.59 Å². The highest BCUT2D eigenvalue weighted by molar-refractivity contribution is 14.1. The molecule has 1 aromatic carbocycles. The van der Waals surface area contributed by atoms with Crippen molar-refractivity contribution >= 4 is 73.2 Å². The molecule has 8 aliphatic carbocycles. The minimum atomic E-state index is -5.98. The molecule has 250 valence electrons.